The van der Waals surface area contributed by atoms with E-state index in [1.54, 1.807) is 27.8 Å². The van der Waals surface area contributed by atoms with Crippen LogP contribution in [0.2, 0.25) is 0 Å². The van der Waals surface area contributed by atoms with E-state index in [0.29, 0.717) is 0 Å². The van der Waals surface area contributed by atoms with Crippen LogP contribution in [0.15, 0.2) is 18.2 Å². The van der Waals surface area contributed by atoms with Gasteiger partial charge in [0.1, 0.15) is 18.2 Å². The zero-order chi connectivity index (χ0) is 23.2. The Morgan fingerprint density at radius 2 is 1.77 bits per heavy atom. The molecular formula is C24H37N3O4. The molecule has 1 unspecified atom stereocenters. The van der Waals surface area contributed by atoms with Gasteiger partial charge in [-0.15, -0.1) is 0 Å². The molecule has 2 N–H and O–H groups in total. The second-order valence-electron chi connectivity index (χ2n) is 9.47. The van der Waals surface area contributed by atoms with Crippen LogP contribution in [0.25, 0.3) is 0 Å². The molecule has 1 aromatic carbocycles. The highest BCUT2D eigenvalue weighted by molar-refractivity contribution is 5.90. The Balaban J connectivity index is 2.18. The van der Waals surface area contributed by atoms with Crippen molar-refractivity contribution >= 4 is 17.9 Å². The molecule has 0 saturated heterocycles. The zero-order valence-corrected chi connectivity index (χ0v) is 19.7. The molecule has 31 heavy (non-hydrogen) atoms. The smallest absolute Gasteiger partial charge is 0.408 e. The third kappa shape index (κ3) is 7.56. The Morgan fingerprint density at radius 1 is 1.13 bits per heavy atom. The summed E-state index contributed by atoms with van der Waals surface area (Å²) in [4.78, 5) is 39.6. The molecule has 0 bridgehead atoms. The van der Waals surface area contributed by atoms with Crippen molar-refractivity contribution < 1.29 is 19.1 Å². The normalized spacial score (nSPS) is 15.7. The lowest BCUT2D eigenvalue weighted by Gasteiger charge is -2.32. The Kier molecular flexibility index (Phi) is 8.48. The molecule has 1 fully saturated rings. The summed E-state index contributed by atoms with van der Waals surface area (Å²) >= 11 is 0. The zero-order valence-electron chi connectivity index (χ0n) is 19.7. The number of carbonyl (C=O) groups is 3. The van der Waals surface area contributed by atoms with Gasteiger partial charge < -0.3 is 20.3 Å². The van der Waals surface area contributed by atoms with Crippen LogP contribution in [0, 0.1) is 13.8 Å². The molecule has 0 aliphatic heterocycles. The maximum atomic E-state index is 13.3. The van der Waals surface area contributed by atoms with Crippen molar-refractivity contribution in [2.24, 2.45) is 0 Å². The number of aryl methyl sites for hydroxylation is 2. The van der Waals surface area contributed by atoms with Gasteiger partial charge in [0, 0.05) is 13.1 Å². The van der Waals surface area contributed by atoms with Crippen molar-refractivity contribution in [3.8, 4) is 0 Å². The minimum absolute atomic E-state index is 0.136. The number of benzene rings is 1. The first kappa shape index (κ1) is 24.7. The van der Waals surface area contributed by atoms with Gasteiger partial charge in [0.05, 0.1) is 0 Å². The molecule has 1 aromatic rings. The summed E-state index contributed by atoms with van der Waals surface area (Å²) in [7, 11) is 1.60. The van der Waals surface area contributed by atoms with Crippen molar-refractivity contribution in [3.63, 3.8) is 0 Å². The first-order valence-corrected chi connectivity index (χ1v) is 11.1. The van der Waals surface area contributed by atoms with Gasteiger partial charge in [-0.1, -0.05) is 43.0 Å². The number of hydrogen-bond donors (Lipinski definition) is 2. The molecule has 0 radical (unpaired) electrons. The molecule has 0 spiro atoms. The summed E-state index contributed by atoms with van der Waals surface area (Å²) in [6.45, 7) is 8.92. The lowest BCUT2D eigenvalue weighted by atomic mass is 9.93. The largest absolute Gasteiger partial charge is 0.444 e. The number of nitrogens with one attached hydrogen (secondary N) is 2. The molecule has 3 amide bonds. The van der Waals surface area contributed by atoms with Gasteiger partial charge >= 0.3 is 6.09 Å². The maximum Gasteiger partial charge on any atom is 0.408 e. The van der Waals surface area contributed by atoms with Crippen LogP contribution in [0.3, 0.4) is 0 Å². The van der Waals surface area contributed by atoms with Gasteiger partial charge in [-0.3, -0.25) is 9.59 Å². The van der Waals surface area contributed by atoms with Gasteiger partial charge in [0.2, 0.25) is 11.8 Å². The van der Waals surface area contributed by atoms with E-state index in [-0.39, 0.29) is 24.4 Å². The van der Waals surface area contributed by atoms with Gasteiger partial charge in [-0.2, -0.15) is 0 Å². The molecule has 1 atom stereocenters. The minimum Gasteiger partial charge on any atom is -0.444 e. The van der Waals surface area contributed by atoms with Crippen molar-refractivity contribution in [2.45, 2.75) is 84.4 Å². The average molecular weight is 432 g/mol. The van der Waals surface area contributed by atoms with E-state index in [2.05, 4.69) is 10.6 Å². The van der Waals surface area contributed by atoms with Gasteiger partial charge in [-0.25, -0.2) is 4.79 Å². The van der Waals surface area contributed by atoms with Crippen molar-refractivity contribution in [3.05, 3.63) is 34.9 Å². The van der Waals surface area contributed by atoms with Crippen LogP contribution in [-0.2, 0) is 14.3 Å². The van der Waals surface area contributed by atoms with Crippen LogP contribution >= 0.6 is 0 Å². The molecule has 0 aromatic heterocycles. The summed E-state index contributed by atoms with van der Waals surface area (Å²) in [5.41, 5.74) is 2.10. The highest BCUT2D eigenvalue weighted by Gasteiger charge is 2.32. The number of hydrogen-bond acceptors (Lipinski definition) is 4. The molecule has 7 heteroatoms. The van der Waals surface area contributed by atoms with E-state index >= 15 is 0 Å². The molecule has 1 aliphatic rings. The topological polar surface area (TPSA) is 87.7 Å². The number of ether oxygens (including phenoxy) is 1. The predicted octanol–water partition coefficient (Wildman–Crippen LogP) is 3.78. The summed E-state index contributed by atoms with van der Waals surface area (Å²) in [6.07, 6.45) is 4.67. The molecule has 1 saturated carbocycles. The summed E-state index contributed by atoms with van der Waals surface area (Å²) in [5.74, 6) is -0.552. The van der Waals surface area contributed by atoms with Crippen molar-refractivity contribution in [1.82, 2.24) is 15.5 Å². The Hall–Kier alpha value is -2.57. The summed E-state index contributed by atoms with van der Waals surface area (Å²) in [6, 6.07) is 5.27. The van der Waals surface area contributed by atoms with E-state index in [1.165, 1.54) is 11.3 Å². The lowest BCUT2D eigenvalue weighted by Crippen LogP contribution is -2.48. The number of nitrogens with zero attached hydrogens (tertiary/aromatic N) is 1. The fourth-order valence-corrected chi connectivity index (χ4v) is 3.84. The van der Waals surface area contributed by atoms with Gasteiger partial charge in [-0.05, 0) is 58.6 Å². The van der Waals surface area contributed by atoms with E-state index in [4.69, 9.17) is 4.74 Å². The number of rotatable bonds is 6. The maximum absolute atomic E-state index is 13.3. The monoisotopic (exact) mass is 431 g/mol. The molecule has 1 aliphatic carbocycles. The molecule has 2 rings (SSSR count). The fraction of sp³-hybridized carbons (Fsp3) is 0.625. The minimum atomic E-state index is -0.769. The highest BCUT2D eigenvalue weighted by atomic mass is 16.6. The number of likely N-dealkylation sites (N-methyl/N-ethyl adjacent to an activating group) is 1. The van der Waals surface area contributed by atoms with Gasteiger partial charge in [0.15, 0.2) is 0 Å². The molecule has 172 valence electrons. The summed E-state index contributed by atoms with van der Waals surface area (Å²) < 4.78 is 5.20. The Bertz CT molecular complexity index is 795. The fourth-order valence-electron chi connectivity index (χ4n) is 3.84. The quantitative estimate of drug-likeness (QED) is 0.718. The Labute approximate surface area is 185 Å². The number of alkyl carbamates (subject to hydrolysis) is 1. The number of amides is 3. The molecule has 0 heterocycles. The lowest BCUT2D eigenvalue weighted by molar-refractivity contribution is -0.139. The Morgan fingerprint density at radius 3 is 2.39 bits per heavy atom. The van der Waals surface area contributed by atoms with Crippen LogP contribution < -0.4 is 10.6 Å². The third-order valence-electron chi connectivity index (χ3n) is 5.49. The van der Waals surface area contributed by atoms with Crippen LogP contribution in [0.4, 0.5) is 4.79 Å². The van der Waals surface area contributed by atoms with E-state index < -0.39 is 17.7 Å². The van der Waals surface area contributed by atoms with Crippen LogP contribution in [-0.4, -0.2) is 48.0 Å². The second-order valence-corrected chi connectivity index (χ2v) is 9.47. The van der Waals surface area contributed by atoms with E-state index in [1.807, 2.05) is 32.0 Å². The van der Waals surface area contributed by atoms with E-state index in [0.717, 1.165) is 42.4 Å². The summed E-state index contributed by atoms with van der Waals surface area (Å²) in [5, 5.41) is 5.64. The first-order chi connectivity index (χ1) is 14.5. The van der Waals surface area contributed by atoms with Crippen molar-refractivity contribution in [2.75, 3.05) is 13.6 Å². The first-order valence-electron chi connectivity index (χ1n) is 11.1. The van der Waals surface area contributed by atoms with E-state index in [9.17, 15) is 14.4 Å². The van der Waals surface area contributed by atoms with Crippen molar-refractivity contribution in [1.29, 1.82) is 0 Å². The van der Waals surface area contributed by atoms with Crippen LogP contribution in [0.1, 0.15) is 75.6 Å². The van der Waals surface area contributed by atoms with Crippen LogP contribution in [0.5, 0.6) is 0 Å². The van der Waals surface area contributed by atoms with Gasteiger partial charge in [0.25, 0.3) is 0 Å². The SMILES string of the molecule is Cc1ccc(C)c(C(C(=O)NC2CCCCC2)N(C)C(=O)CNC(=O)OC(C)(C)C)c1. The third-order valence-corrected chi connectivity index (χ3v) is 5.49. The molecule has 7 nitrogen and oxygen atoms in total. The predicted molar refractivity (Wildman–Crippen MR) is 121 cm³/mol. The standard InChI is InChI=1S/C24H37N3O4/c1-16-12-13-17(2)19(14-16)21(22(29)26-18-10-8-7-9-11-18)27(6)20(28)15-25-23(30)31-24(3,4)5/h12-14,18,21H,7-11,15H2,1-6H3,(H,25,30)(H,26,29). The average Bonchev–Trinajstić information content (AvgIpc) is 2.68. The molecular weight excluding hydrogens is 394 g/mol. The highest BCUT2D eigenvalue weighted by Crippen LogP contribution is 2.26. The second kappa shape index (κ2) is 10.6. The number of carbonyl (C=O) groups excluding carboxylic acids is 3.